The Kier molecular flexibility index (Phi) is 6.12. The second-order valence-corrected chi connectivity index (χ2v) is 7.97. The Hall–Kier alpha value is -4.14. The van der Waals surface area contributed by atoms with Crippen LogP contribution in [-0.4, -0.2) is 39.8 Å². The number of alkyl halides is 6. The number of nitrogens with one attached hydrogen (secondary N) is 1. The first-order valence-electron chi connectivity index (χ1n) is 10.1. The molecule has 4 heterocycles. The third kappa shape index (κ3) is 5.56. The fourth-order valence-corrected chi connectivity index (χ4v) is 2.94. The van der Waals surface area contributed by atoms with Crippen molar-refractivity contribution in [3.8, 4) is 17.3 Å². The monoisotopic (exact) mass is 510 g/mol. The molecule has 188 valence electrons. The predicted molar refractivity (Wildman–Crippen MR) is 113 cm³/mol. The lowest BCUT2D eigenvalue weighted by Crippen LogP contribution is -2.17. The number of hydrogen-bond donors (Lipinski definition) is 2. The van der Waals surface area contributed by atoms with E-state index in [0.29, 0.717) is 11.6 Å². The first-order valence-corrected chi connectivity index (χ1v) is 10.1. The van der Waals surface area contributed by atoms with Crippen molar-refractivity contribution in [2.24, 2.45) is 0 Å². The van der Waals surface area contributed by atoms with Crippen LogP contribution in [0.25, 0.3) is 17.3 Å². The van der Waals surface area contributed by atoms with Crippen molar-refractivity contribution in [3.05, 3.63) is 66.0 Å². The van der Waals surface area contributed by atoms with Gasteiger partial charge in [-0.1, -0.05) is 0 Å². The van der Waals surface area contributed by atoms with Crippen LogP contribution in [0, 0.1) is 0 Å². The van der Waals surface area contributed by atoms with Crippen LogP contribution >= 0.6 is 0 Å². The van der Waals surface area contributed by atoms with Gasteiger partial charge in [0.05, 0.1) is 5.69 Å². The normalized spacial score (nSPS) is 12.6. The molecule has 2 N–H and O–H groups in total. The third-order valence-electron chi connectivity index (χ3n) is 4.66. The summed E-state index contributed by atoms with van der Waals surface area (Å²) >= 11 is 0. The van der Waals surface area contributed by atoms with Gasteiger partial charge in [-0.05, 0) is 44.2 Å². The van der Waals surface area contributed by atoms with E-state index in [0.717, 1.165) is 23.1 Å². The highest BCUT2D eigenvalue weighted by Gasteiger charge is 2.34. The van der Waals surface area contributed by atoms with E-state index in [-0.39, 0.29) is 29.1 Å². The summed E-state index contributed by atoms with van der Waals surface area (Å²) in [5, 5.41) is 16.3. The molecule has 4 aromatic rings. The molecular formula is C21H16F6N8O. The standard InChI is InChI=1S/C21H16F6N8O/c1-19(2,36)14-9-11(3-6-28-14)16-31-17(30-12-4-7-29-15(10-12)21(25,26)27)33-18(32-16)35-8-5-13(34-35)20(22,23)24/h3-10,36H,1-2H3,(H,29,30,31,32,33). The molecule has 0 bridgehead atoms. The van der Waals surface area contributed by atoms with E-state index >= 15 is 0 Å². The summed E-state index contributed by atoms with van der Waals surface area (Å²) in [6, 6.07) is 5.61. The Balaban J connectivity index is 1.82. The van der Waals surface area contributed by atoms with Crippen molar-refractivity contribution in [1.29, 1.82) is 0 Å². The summed E-state index contributed by atoms with van der Waals surface area (Å²) in [5.41, 5.74) is -3.23. The van der Waals surface area contributed by atoms with Gasteiger partial charge in [0.25, 0.3) is 5.95 Å². The number of pyridine rings is 2. The number of hydrogen-bond acceptors (Lipinski definition) is 8. The predicted octanol–water partition coefficient (Wildman–Crippen LogP) is 4.52. The lowest BCUT2D eigenvalue weighted by molar-refractivity contribution is -0.142. The van der Waals surface area contributed by atoms with Crippen LogP contribution in [0.1, 0.15) is 30.9 Å². The molecule has 0 saturated carbocycles. The summed E-state index contributed by atoms with van der Waals surface area (Å²) in [6.07, 6.45) is -6.15. The summed E-state index contributed by atoms with van der Waals surface area (Å²) in [6.45, 7) is 2.99. The Labute approximate surface area is 198 Å². The molecule has 0 amide bonds. The molecule has 0 unspecified atom stereocenters. The molecule has 36 heavy (non-hydrogen) atoms. The number of aliphatic hydroxyl groups is 1. The first kappa shape index (κ1) is 25.0. The van der Waals surface area contributed by atoms with Gasteiger partial charge in [0.2, 0.25) is 5.95 Å². The molecule has 15 heteroatoms. The fourth-order valence-electron chi connectivity index (χ4n) is 2.94. The molecule has 0 aliphatic heterocycles. The smallest absolute Gasteiger partial charge is 0.384 e. The zero-order chi connectivity index (χ0) is 26.3. The Bertz CT molecular complexity index is 1390. The number of anilines is 2. The number of aromatic nitrogens is 7. The van der Waals surface area contributed by atoms with Gasteiger partial charge in [-0.25, -0.2) is 4.68 Å². The molecule has 0 fully saturated rings. The largest absolute Gasteiger partial charge is 0.435 e. The molecule has 0 aromatic carbocycles. The van der Waals surface area contributed by atoms with Crippen molar-refractivity contribution in [2.45, 2.75) is 31.8 Å². The maximum absolute atomic E-state index is 13.0. The van der Waals surface area contributed by atoms with Crippen molar-refractivity contribution in [3.63, 3.8) is 0 Å². The minimum atomic E-state index is -4.72. The molecule has 0 atom stereocenters. The average Bonchev–Trinajstić information content (AvgIpc) is 3.29. The number of halogens is 6. The van der Waals surface area contributed by atoms with Crippen LogP contribution in [0.15, 0.2) is 48.9 Å². The number of rotatable bonds is 5. The van der Waals surface area contributed by atoms with E-state index in [1.165, 1.54) is 38.2 Å². The van der Waals surface area contributed by atoms with Gasteiger partial charge in [0, 0.05) is 29.8 Å². The second kappa shape index (κ2) is 8.82. The SMILES string of the molecule is CC(C)(O)c1cc(-c2nc(Nc3ccnc(C(F)(F)F)c3)nc(-n3ccc(C(F)(F)F)n3)n2)ccn1. The molecule has 4 rings (SSSR count). The van der Waals surface area contributed by atoms with Gasteiger partial charge in [0.15, 0.2) is 11.5 Å². The molecule has 0 radical (unpaired) electrons. The number of nitrogens with zero attached hydrogens (tertiary/aromatic N) is 7. The molecule has 9 nitrogen and oxygen atoms in total. The van der Waals surface area contributed by atoms with Crippen LogP contribution in [0.3, 0.4) is 0 Å². The fraction of sp³-hybridized carbons (Fsp3) is 0.238. The zero-order valence-corrected chi connectivity index (χ0v) is 18.5. The van der Waals surface area contributed by atoms with E-state index in [1.807, 2.05) is 0 Å². The van der Waals surface area contributed by atoms with E-state index in [4.69, 9.17) is 0 Å². The van der Waals surface area contributed by atoms with Crippen LogP contribution in [0.4, 0.5) is 38.0 Å². The van der Waals surface area contributed by atoms with Gasteiger partial charge in [-0.2, -0.15) is 46.4 Å². The first-order chi connectivity index (χ1) is 16.7. The molecule has 0 saturated heterocycles. The lowest BCUT2D eigenvalue weighted by atomic mass is 10.0. The molecule has 4 aromatic heterocycles. The molecule has 0 aliphatic carbocycles. The minimum absolute atomic E-state index is 0.0652. The summed E-state index contributed by atoms with van der Waals surface area (Å²) < 4.78 is 79.0. The third-order valence-corrected chi connectivity index (χ3v) is 4.66. The van der Waals surface area contributed by atoms with E-state index < -0.39 is 29.3 Å². The van der Waals surface area contributed by atoms with Crippen molar-refractivity contribution in [2.75, 3.05) is 5.32 Å². The summed E-state index contributed by atoms with van der Waals surface area (Å²) in [7, 11) is 0. The van der Waals surface area contributed by atoms with E-state index in [9.17, 15) is 31.4 Å². The maximum atomic E-state index is 13.0. The van der Waals surface area contributed by atoms with Gasteiger partial charge in [-0.15, -0.1) is 0 Å². The van der Waals surface area contributed by atoms with Crippen molar-refractivity contribution >= 4 is 11.6 Å². The molecule has 0 spiro atoms. The van der Waals surface area contributed by atoms with Crippen LogP contribution in [0.2, 0.25) is 0 Å². The van der Waals surface area contributed by atoms with Gasteiger partial charge < -0.3 is 10.4 Å². The summed E-state index contributed by atoms with van der Waals surface area (Å²) in [4.78, 5) is 19.7. The van der Waals surface area contributed by atoms with Gasteiger partial charge in [0.1, 0.15) is 11.3 Å². The van der Waals surface area contributed by atoms with Crippen LogP contribution in [-0.2, 0) is 18.0 Å². The van der Waals surface area contributed by atoms with Gasteiger partial charge in [-0.3, -0.25) is 9.97 Å². The lowest BCUT2D eigenvalue weighted by Gasteiger charge is -2.17. The van der Waals surface area contributed by atoms with E-state index in [1.54, 1.807) is 0 Å². The van der Waals surface area contributed by atoms with Crippen LogP contribution < -0.4 is 5.32 Å². The Morgan fingerprint density at radius 3 is 2.11 bits per heavy atom. The second-order valence-electron chi connectivity index (χ2n) is 7.97. The maximum Gasteiger partial charge on any atom is 0.435 e. The average molecular weight is 510 g/mol. The highest BCUT2D eigenvalue weighted by atomic mass is 19.4. The molecule has 0 aliphatic rings. The van der Waals surface area contributed by atoms with E-state index in [2.05, 4.69) is 35.3 Å². The quantitative estimate of drug-likeness (QED) is 0.377. The van der Waals surface area contributed by atoms with Crippen molar-refractivity contribution in [1.82, 2.24) is 34.7 Å². The zero-order valence-electron chi connectivity index (χ0n) is 18.5. The minimum Gasteiger partial charge on any atom is -0.384 e. The highest BCUT2D eigenvalue weighted by molar-refractivity contribution is 5.60. The Morgan fingerprint density at radius 2 is 1.47 bits per heavy atom. The highest BCUT2D eigenvalue weighted by Crippen LogP contribution is 2.31. The van der Waals surface area contributed by atoms with Crippen molar-refractivity contribution < 1.29 is 31.4 Å². The Morgan fingerprint density at radius 1 is 0.806 bits per heavy atom. The van der Waals surface area contributed by atoms with Crippen LogP contribution in [0.5, 0.6) is 0 Å². The topological polar surface area (TPSA) is 115 Å². The summed E-state index contributed by atoms with van der Waals surface area (Å²) in [5.74, 6) is -0.686. The molecular weight excluding hydrogens is 494 g/mol. The van der Waals surface area contributed by atoms with Gasteiger partial charge >= 0.3 is 12.4 Å².